The fourth-order valence-electron chi connectivity index (χ4n) is 2.33. The van der Waals surface area contributed by atoms with Gasteiger partial charge in [0.1, 0.15) is 0 Å². The molecule has 1 atom stereocenters. The molecule has 0 radical (unpaired) electrons. The van der Waals surface area contributed by atoms with Gasteiger partial charge in [0.2, 0.25) is 5.91 Å². The molecule has 0 saturated heterocycles. The average molecular weight is 365 g/mol. The number of benzene rings is 2. The minimum Gasteiger partial charge on any atom is -0.335 e. The number of halogens is 2. The Morgan fingerprint density at radius 2 is 1.71 bits per heavy atom. The van der Waals surface area contributed by atoms with Gasteiger partial charge in [-0.15, -0.1) is 0 Å². The number of carbonyl (C=O) groups is 2. The largest absolute Gasteiger partial charge is 0.335 e. The molecular formula is C18H18Cl2N2O2. The van der Waals surface area contributed by atoms with E-state index in [0.29, 0.717) is 21.3 Å². The first kappa shape index (κ1) is 18.3. The van der Waals surface area contributed by atoms with Crippen LogP contribution in [0.5, 0.6) is 0 Å². The standard InChI is InChI=1S/C18H18Cl2N2O2/c1-11(16-9-6-14(19)10-17(16)20)22(3)18(24)13-4-7-15(8-5-13)21-12(2)23/h4-11H,1-3H3,(H,21,23). The van der Waals surface area contributed by atoms with Crippen molar-refractivity contribution in [2.24, 2.45) is 0 Å². The molecule has 0 fully saturated rings. The Morgan fingerprint density at radius 1 is 1.08 bits per heavy atom. The molecule has 0 aliphatic carbocycles. The van der Waals surface area contributed by atoms with Gasteiger partial charge in [-0.2, -0.15) is 0 Å². The van der Waals surface area contributed by atoms with Crippen molar-refractivity contribution in [2.45, 2.75) is 19.9 Å². The molecular weight excluding hydrogens is 347 g/mol. The number of anilines is 1. The van der Waals surface area contributed by atoms with Gasteiger partial charge in [-0.25, -0.2) is 0 Å². The molecule has 2 rings (SSSR count). The van der Waals surface area contributed by atoms with Crippen molar-refractivity contribution in [1.29, 1.82) is 0 Å². The van der Waals surface area contributed by atoms with E-state index in [9.17, 15) is 9.59 Å². The Morgan fingerprint density at radius 3 is 2.25 bits per heavy atom. The summed E-state index contributed by atoms with van der Waals surface area (Å²) in [4.78, 5) is 25.3. The molecule has 24 heavy (non-hydrogen) atoms. The van der Waals surface area contributed by atoms with Gasteiger partial charge in [-0.05, 0) is 48.9 Å². The Labute approximate surface area is 151 Å². The molecule has 126 valence electrons. The number of hydrogen-bond donors (Lipinski definition) is 1. The zero-order valence-corrected chi connectivity index (χ0v) is 15.2. The second-order valence-electron chi connectivity index (χ2n) is 5.52. The highest BCUT2D eigenvalue weighted by molar-refractivity contribution is 6.35. The second kappa shape index (κ2) is 7.69. The third kappa shape index (κ3) is 4.28. The van der Waals surface area contributed by atoms with Crippen molar-refractivity contribution in [2.75, 3.05) is 12.4 Å². The summed E-state index contributed by atoms with van der Waals surface area (Å²) in [6.45, 7) is 3.34. The van der Waals surface area contributed by atoms with Crippen molar-refractivity contribution in [1.82, 2.24) is 4.90 Å². The van der Waals surface area contributed by atoms with Crippen molar-refractivity contribution < 1.29 is 9.59 Å². The molecule has 0 spiro atoms. The highest BCUT2D eigenvalue weighted by Crippen LogP contribution is 2.29. The van der Waals surface area contributed by atoms with Crippen LogP contribution in [0.3, 0.4) is 0 Å². The predicted octanol–water partition coefficient (Wildman–Crippen LogP) is 4.79. The van der Waals surface area contributed by atoms with Crippen LogP contribution in [0.25, 0.3) is 0 Å². The Balaban J connectivity index is 2.17. The summed E-state index contributed by atoms with van der Waals surface area (Å²) < 4.78 is 0. The number of nitrogens with one attached hydrogen (secondary N) is 1. The van der Waals surface area contributed by atoms with E-state index < -0.39 is 0 Å². The van der Waals surface area contributed by atoms with E-state index in [-0.39, 0.29) is 17.9 Å². The maximum atomic E-state index is 12.6. The number of amides is 2. The van der Waals surface area contributed by atoms with E-state index in [1.165, 1.54) is 6.92 Å². The Bertz CT molecular complexity index is 760. The van der Waals surface area contributed by atoms with E-state index in [4.69, 9.17) is 23.2 Å². The first-order chi connectivity index (χ1) is 11.3. The minimum atomic E-state index is -0.211. The summed E-state index contributed by atoms with van der Waals surface area (Å²) in [5.41, 5.74) is 2.01. The third-order valence-electron chi connectivity index (χ3n) is 3.77. The molecule has 2 aromatic rings. The summed E-state index contributed by atoms with van der Waals surface area (Å²) in [6, 6.07) is 11.8. The zero-order valence-electron chi connectivity index (χ0n) is 13.6. The summed E-state index contributed by atoms with van der Waals surface area (Å²) in [5, 5.41) is 3.75. The topological polar surface area (TPSA) is 49.4 Å². The van der Waals surface area contributed by atoms with E-state index >= 15 is 0 Å². The van der Waals surface area contributed by atoms with Gasteiger partial charge >= 0.3 is 0 Å². The quantitative estimate of drug-likeness (QED) is 0.847. The monoisotopic (exact) mass is 364 g/mol. The minimum absolute atomic E-state index is 0.136. The maximum Gasteiger partial charge on any atom is 0.254 e. The molecule has 0 aliphatic heterocycles. The maximum absolute atomic E-state index is 12.6. The van der Waals surface area contributed by atoms with Crippen molar-refractivity contribution in [3.8, 4) is 0 Å². The highest BCUT2D eigenvalue weighted by Gasteiger charge is 2.20. The SMILES string of the molecule is CC(=O)Nc1ccc(C(=O)N(C)C(C)c2ccc(Cl)cc2Cl)cc1. The van der Waals surface area contributed by atoms with E-state index in [2.05, 4.69) is 5.32 Å². The van der Waals surface area contributed by atoms with Gasteiger partial charge in [0.15, 0.2) is 0 Å². The molecule has 1 unspecified atom stereocenters. The van der Waals surface area contributed by atoms with Crippen LogP contribution in [0.1, 0.15) is 35.8 Å². The lowest BCUT2D eigenvalue weighted by molar-refractivity contribution is -0.114. The lowest BCUT2D eigenvalue weighted by atomic mass is 10.1. The molecule has 2 aromatic carbocycles. The fourth-order valence-corrected chi connectivity index (χ4v) is 2.89. The number of rotatable bonds is 4. The first-order valence-corrected chi connectivity index (χ1v) is 8.15. The molecule has 4 nitrogen and oxygen atoms in total. The smallest absolute Gasteiger partial charge is 0.254 e. The van der Waals surface area contributed by atoms with E-state index in [0.717, 1.165) is 5.56 Å². The normalized spacial score (nSPS) is 11.7. The van der Waals surface area contributed by atoms with Crippen LogP contribution in [0, 0.1) is 0 Å². The van der Waals surface area contributed by atoms with E-state index in [1.54, 1.807) is 48.3 Å². The van der Waals surface area contributed by atoms with E-state index in [1.807, 2.05) is 13.0 Å². The lowest BCUT2D eigenvalue weighted by Crippen LogP contribution is -2.29. The zero-order chi connectivity index (χ0) is 17.9. The van der Waals surface area contributed by atoms with Crippen LogP contribution in [-0.4, -0.2) is 23.8 Å². The molecule has 2 amide bonds. The number of nitrogens with zero attached hydrogens (tertiary/aromatic N) is 1. The summed E-state index contributed by atoms with van der Waals surface area (Å²) in [6.07, 6.45) is 0. The fraction of sp³-hybridized carbons (Fsp3) is 0.222. The predicted molar refractivity (Wildman–Crippen MR) is 97.7 cm³/mol. The van der Waals surface area contributed by atoms with Crippen LogP contribution in [-0.2, 0) is 4.79 Å². The van der Waals surface area contributed by atoms with Gasteiger partial charge in [0.05, 0.1) is 6.04 Å². The van der Waals surface area contributed by atoms with Gasteiger partial charge in [-0.3, -0.25) is 9.59 Å². The van der Waals surface area contributed by atoms with Gasteiger partial charge in [-0.1, -0.05) is 29.3 Å². The van der Waals surface area contributed by atoms with Crippen LogP contribution >= 0.6 is 23.2 Å². The number of carbonyl (C=O) groups excluding carboxylic acids is 2. The van der Waals surface area contributed by atoms with Crippen molar-refractivity contribution >= 4 is 40.7 Å². The van der Waals surface area contributed by atoms with Gasteiger partial charge < -0.3 is 10.2 Å². The molecule has 6 heteroatoms. The first-order valence-electron chi connectivity index (χ1n) is 7.39. The Hall–Kier alpha value is -2.04. The summed E-state index contributed by atoms with van der Waals surface area (Å²) in [5.74, 6) is -0.292. The highest BCUT2D eigenvalue weighted by atomic mass is 35.5. The van der Waals surface area contributed by atoms with Crippen LogP contribution < -0.4 is 5.32 Å². The van der Waals surface area contributed by atoms with Gasteiger partial charge in [0, 0.05) is 35.3 Å². The molecule has 0 heterocycles. The average Bonchev–Trinajstić information content (AvgIpc) is 2.53. The lowest BCUT2D eigenvalue weighted by Gasteiger charge is -2.26. The van der Waals surface area contributed by atoms with Gasteiger partial charge in [0.25, 0.3) is 5.91 Å². The number of hydrogen-bond acceptors (Lipinski definition) is 2. The Kier molecular flexibility index (Phi) is 5.86. The molecule has 0 saturated carbocycles. The molecule has 0 aliphatic rings. The van der Waals surface area contributed by atoms with Crippen LogP contribution in [0.15, 0.2) is 42.5 Å². The third-order valence-corrected chi connectivity index (χ3v) is 4.33. The molecule has 0 bridgehead atoms. The second-order valence-corrected chi connectivity index (χ2v) is 6.36. The molecule has 1 N–H and O–H groups in total. The van der Waals surface area contributed by atoms with Crippen molar-refractivity contribution in [3.05, 3.63) is 63.6 Å². The van der Waals surface area contributed by atoms with Crippen LogP contribution in [0.4, 0.5) is 5.69 Å². The van der Waals surface area contributed by atoms with Crippen LogP contribution in [0.2, 0.25) is 10.0 Å². The van der Waals surface area contributed by atoms with Crippen molar-refractivity contribution in [3.63, 3.8) is 0 Å². The summed E-state index contributed by atoms with van der Waals surface area (Å²) in [7, 11) is 1.72. The molecule has 0 aromatic heterocycles. The summed E-state index contributed by atoms with van der Waals surface area (Å²) >= 11 is 12.1.